The highest BCUT2D eigenvalue weighted by molar-refractivity contribution is 5.95. The molecule has 0 spiro atoms. The number of hydrogen-bond acceptors (Lipinski definition) is 3. The summed E-state index contributed by atoms with van der Waals surface area (Å²) in [7, 11) is 1.90. The van der Waals surface area contributed by atoms with Crippen LogP contribution >= 0.6 is 0 Å². The summed E-state index contributed by atoms with van der Waals surface area (Å²) < 4.78 is 1.78. The fourth-order valence-corrected chi connectivity index (χ4v) is 3.92. The molecular formula is C28H30N4O. The Bertz CT molecular complexity index is 1180. The molecule has 2 atom stereocenters. The van der Waals surface area contributed by atoms with E-state index < -0.39 is 6.04 Å². The van der Waals surface area contributed by atoms with Gasteiger partial charge in [-0.1, -0.05) is 72.3 Å². The summed E-state index contributed by atoms with van der Waals surface area (Å²) in [4.78, 5) is 13.3. The second-order valence-electron chi connectivity index (χ2n) is 8.57. The molecule has 1 heterocycles. The number of aromatic nitrogens is 2. The largest absolute Gasteiger partial charge is 0.324 e. The SMILES string of the molecule is Cc1ccc(C[C@H](C)N[C@H](C(=O)Nc2ccc(-c3cnn(C)c3)cc2)c2ccccc2)cc1. The Balaban J connectivity index is 1.47. The lowest BCUT2D eigenvalue weighted by Gasteiger charge is -2.23. The van der Waals surface area contributed by atoms with Crippen LogP contribution < -0.4 is 10.6 Å². The topological polar surface area (TPSA) is 59.0 Å². The smallest absolute Gasteiger partial charge is 0.246 e. The third-order valence-electron chi connectivity index (χ3n) is 5.70. The standard InChI is InChI=1S/C28H30N4O/c1-20-9-11-22(12-10-20)17-21(2)30-27(24-7-5-4-6-8-24)28(33)31-26-15-13-23(14-16-26)25-18-29-32(3)19-25/h4-16,18-19,21,27,30H,17H2,1-3H3,(H,31,33)/t21-,27-/m0/s1. The highest BCUT2D eigenvalue weighted by Crippen LogP contribution is 2.22. The van der Waals surface area contributed by atoms with Crippen molar-refractivity contribution >= 4 is 11.6 Å². The van der Waals surface area contributed by atoms with Crippen LogP contribution in [-0.2, 0) is 18.3 Å². The lowest BCUT2D eigenvalue weighted by Crippen LogP contribution is -2.39. The highest BCUT2D eigenvalue weighted by Gasteiger charge is 2.22. The van der Waals surface area contributed by atoms with Crippen LogP contribution in [0.5, 0.6) is 0 Å². The van der Waals surface area contributed by atoms with E-state index in [2.05, 4.69) is 53.8 Å². The van der Waals surface area contributed by atoms with Crippen molar-refractivity contribution in [1.82, 2.24) is 15.1 Å². The fraction of sp³-hybridized carbons (Fsp3) is 0.214. The van der Waals surface area contributed by atoms with Gasteiger partial charge >= 0.3 is 0 Å². The van der Waals surface area contributed by atoms with Gasteiger partial charge in [-0.3, -0.25) is 14.8 Å². The van der Waals surface area contributed by atoms with Gasteiger partial charge in [-0.25, -0.2) is 0 Å². The van der Waals surface area contributed by atoms with Crippen LogP contribution in [0.3, 0.4) is 0 Å². The molecule has 0 aliphatic carbocycles. The van der Waals surface area contributed by atoms with E-state index in [0.717, 1.165) is 28.8 Å². The van der Waals surface area contributed by atoms with E-state index in [-0.39, 0.29) is 11.9 Å². The molecule has 0 saturated heterocycles. The molecule has 1 aromatic heterocycles. The second kappa shape index (κ2) is 10.3. The first-order valence-electron chi connectivity index (χ1n) is 11.2. The molecule has 3 aromatic carbocycles. The molecule has 168 valence electrons. The third kappa shape index (κ3) is 5.96. The molecule has 33 heavy (non-hydrogen) atoms. The molecule has 0 aliphatic rings. The molecule has 4 aromatic rings. The molecule has 0 fully saturated rings. The Morgan fingerprint density at radius 3 is 2.27 bits per heavy atom. The summed E-state index contributed by atoms with van der Waals surface area (Å²) in [6, 6.07) is 25.9. The van der Waals surface area contributed by atoms with E-state index in [9.17, 15) is 4.79 Å². The number of amides is 1. The van der Waals surface area contributed by atoms with Crippen LogP contribution in [0.25, 0.3) is 11.1 Å². The molecule has 0 bridgehead atoms. The molecule has 4 rings (SSSR count). The van der Waals surface area contributed by atoms with Gasteiger partial charge in [0.15, 0.2) is 0 Å². The Morgan fingerprint density at radius 1 is 0.939 bits per heavy atom. The summed E-state index contributed by atoms with van der Waals surface area (Å²) in [5.41, 5.74) is 6.31. The number of carbonyl (C=O) groups excluding carboxylic acids is 1. The molecule has 0 unspecified atom stereocenters. The summed E-state index contributed by atoms with van der Waals surface area (Å²) in [5.74, 6) is -0.0777. The predicted octanol–water partition coefficient (Wildman–Crippen LogP) is 5.30. The minimum atomic E-state index is -0.454. The van der Waals surface area contributed by atoms with Gasteiger partial charge in [0.05, 0.1) is 6.20 Å². The normalized spacial score (nSPS) is 12.8. The van der Waals surface area contributed by atoms with Crippen LogP contribution in [0.15, 0.2) is 91.3 Å². The Labute approximate surface area is 195 Å². The Morgan fingerprint density at radius 2 is 1.64 bits per heavy atom. The van der Waals surface area contributed by atoms with E-state index in [1.54, 1.807) is 4.68 Å². The monoisotopic (exact) mass is 438 g/mol. The van der Waals surface area contributed by atoms with E-state index in [1.807, 2.05) is 74.0 Å². The summed E-state index contributed by atoms with van der Waals surface area (Å²) >= 11 is 0. The number of nitrogens with one attached hydrogen (secondary N) is 2. The number of carbonyl (C=O) groups is 1. The van der Waals surface area contributed by atoms with Gasteiger partial charge in [-0.2, -0.15) is 5.10 Å². The fourth-order valence-electron chi connectivity index (χ4n) is 3.92. The van der Waals surface area contributed by atoms with Gasteiger partial charge < -0.3 is 5.32 Å². The summed E-state index contributed by atoms with van der Waals surface area (Å²) in [6.45, 7) is 4.20. The Hall–Kier alpha value is -3.70. The maximum Gasteiger partial charge on any atom is 0.246 e. The number of aryl methyl sites for hydroxylation is 2. The van der Waals surface area contributed by atoms with Crippen molar-refractivity contribution in [2.24, 2.45) is 7.05 Å². The number of rotatable bonds is 8. The van der Waals surface area contributed by atoms with Crippen molar-refractivity contribution in [2.75, 3.05) is 5.32 Å². The van der Waals surface area contributed by atoms with Gasteiger partial charge in [0.2, 0.25) is 5.91 Å². The van der Waals surface area contributed by atoms with Crippen molar-refractivity contribution in [3.8, 4) is 11.1 Å². The molecular weight excluding hydrogens is 408 g/mol. The van der Waals surface area contributed by atoms with Crippen LogP contribution in [0.2, 0.25) is 0 Å². The minimum Gasteiger partial charge on any atom is -0.324 e. The van der Waals surface area contributed by atoms with Gasteiger partial charge in [-0.05, 0) is 49.1 Å². The molecule has 1 amide bonds. The number of hydrogen-bond donors (Lipinski definition) is 2. The van der Waals surface area contributed by atoms with E-state index in [1.165, 1.54) is 11.1 Å². The van der Waals surface area contributed by atoms with Gasteiger partial charge in [0.1, 0.15) is 6.04 Å². The minimum absolute atomic E-state index is 0.0777. The molecule has 5 nitrogen and oxygen atoms in total. The number of anilines is 1. The third-order valence-corrected chi connectivity index (χ3v) is 5.70. The predicted molar refractivity (Wildman–Crippen MR) is 134 cm³/mol. The van der Waals surface area contributed by atoms with Crippen LogP contribution in [0.1, 0.15) is 29.7 Å². The number of nitrogens with zero attached hydrogens (tertiary/aromatic N) is 2. The van der Waals surface area contributed by atoms with Gasteiger partial charge in [0.25, 0.3) is 0 Å². The van der Waals surface area contributed by atoms with Crippen molar-refractivity contribution in [3.63, 3.8) is 0 Å². The average Bonchev–Trinajstić information content (AvgIpc) is 3.26. The Kier molecular flexibility index (Phi) is 7.01. The molecule has 2 N–H and O–H groups in total. The second-order valence-corrected chi connectivity index (χ2v) is 8.57. The van der Waals surface area contributed by atoms with Crippen LogP contribution in [0, 0.1) is 6.92 Å². The first-order chi connectivity index (χ1) is 16.0. The van der Waals surface area contributed by atoms with Crippen molar-refractivity contribution < 1.29 is 4.79 Å². The lowest BCUT2D eigenvalue weighted by atomic mass is 10.0. The van der Waals surface area contributed by atoms with Crippen molar-refractivity contribution in [3.05, 3.63) is 108 Å². The zero-order chi connectivity index (χ0) is 23.2. The summed E-state index contributed by atoms with van der Waals surface area (Å²) in [5, 5.41) is 10.8. The van der Waals surface area contributed by atoms with Gasteiger partial charge in [0, 0.05) is 30.5 Å². The molecule has 5 heteroatoms. The first kappa shape index (κ1) is 22.5. The van der Waals surface area contributed by atoms with E-state index in [4.69, 9.17) is 0 Å². The molecule has 0 saturated carbocycles. The van der Waals surface area contributed by atoms with E-state index in [0.29, 0.717) is 0 Å². The lowest BCUT2D eigenvalue weighted by molar-refractivity contribution is -0.118. The van der Waals surface area contributed by atoms with Crippen molar-refractivity contribution in [1.29, 1.82) is 0 Å². The summed E-state index contributed by atoms with van der Waals surface area (Å²) in [6.07, 6.45) is 4.65. The van der Waals surface area contributed by atoms with E-state index >= 15 is 0 Å². The quantitative estimate of drug-likeness (QED) is 0.393. The van der Waals surface area contributed by atoms with Crippen LogP contribution in [0.4, 0.5) is 5.69 Å². The highest BCUT2D eigenvalue weighted by atomic mass is 16.2. The number of benzene rings is 3. The first-order valence-corrected chi connectivity index (χ1v) is 11.2. The maximum atomic E-state index is 13.3. The van der Waals surface area contributed by atoms with Crippen LogP contribution in [-0.4, -0.2) is 21.7 Å². The zero-order valence-corrected chi connectivity index (χ0v) is 19.3. The van der Waals surface area contributed by atoms with Crippen molar-refractivity contribution in [2.45, 2.75) is 32.4 Å². The maximum absolute atomic E-state index is 13.3. The zero-order valence-electron chi connectivity index (χ0n) is 19.3. The molecule has 0 radical (unpaired) electrons. The van der Waals surface area contributed by atoms with Gasteiger partial charge in [-0.15, -0.1) is 0 Å². The average molecular weight is 439 g/mol. The molecule has 0 aliphatic heterocycles.